The van der Waals surface area contributed by atoms with Gasteiger partial charge in [-0.15, -0.1) is 0 Å². The van der Waals surface area contributed by atoms with Crippen LogP contribution in [0.1, 0.15) is 5.69 Å². The Morgan fingerprint density at radius 3 is 2.53 bits per heavy atom. The van der Waals surface area contributed by atoms with Crippen LogP contribution in [0.5, 0.6) is 5.75 Å². The lowest BCUT2D eigenvalue weighted by molar-refractivity contribution is 0.301. The maximum Gasteiger partial charge on any atom is 0.163 e. The molecule has 0 bridgehead atoms. The van der Waals surface area contributed by atoms with E-state index in [2.05, 4.69) is 20.2 Å². The van der Waals surface area contributed by atoms with E-state index in [-0.39, 0.29) is 0 Å². The number of rotatable bonds is 6. The molecule has 158 valence electrons. The van der Waals surface area contributed by atoms with E-state index in [0.717, 1.165) is 49.6 Å². The van der Waals surface area contributed by atoms with E-state index in [9.17, 15) is 4.55 Å². The minimum absolute atomic E-state index is 0.291. The van der Waals surface area contributed by atoms with E-state index in [0.29, 0.717) is 6.61 Å². The second kappa shape index (κ2) is 8.82. The highest BCUT2D eigenvalue weighted by Gasteiger charge is 2.14. The number of H-pyrrole nitrogens is 1. The number of aromatic nitrogens is 4. The Morgan fingerprint density at radius 2 is 1.75 bits per heavy atom. The molecular formula is C25H20N4O2S. The molecular weight excluding hydrogens is 420 g/mol. The van der Waals surface area contributed by atoms with Crippen LogP contribution in [0, 0.1) is 0 Å². The van der Waals surface area contributed by atoms with Crippen LogP contribution < -0.4 is 4.74 Å². The highest BCUT2D eigenvalue weighted by Crippen LogP contribution is 2.31. The summed E-state index contributed by atoms with van der Waals surface area (Å²) in [4.78, 5) is 9.51. The molecule has 3 aromatic heterocycles. The van der Waals surface area contributed by atoms with E-state index < -0.39 is 11.2 Å². The number of hydrogen-bond acceptors (Lipinski definition) is 5. The van der Waals surface area contributed by atoms with Gasteiger partial charge in [-0.25, -0.2) is 4.98 Å². The minimum atomic E-state index is -1.11. The van der Waals surface area contributed by atoms with Gasteiger partial charge in [0.1, 0.15) is 18.6 Å². The van der Waals surface area contributed by atoms with Gasteiger partial charge in [-0.1, -0.05) is 12.1 Å². The van der Waals surface area contributed by atoms with Crippen LogP contribution in [0.25, 0.3) is 33.3 Å². The Bertz CT molecular complexity index is 1350. The monoisotopic (exact) mass is 440 g/mol. The third-order valence-corrected chi connectivity index (χ3v) is 6.14. The summed E-state index contributed by atoms with van der Waals surface area (Å²) in [5, 5.41) is 8.27. The van der Waals surface area contributed by atoms with Gasteiger partial charge in [0, 0.05) is 35.8 Å². The number of nitrogens with one attached hydrogen (secondary N) is 1. The van der Waals surface area contributed by atoms with Gasteiger partial charge < -0.3 is 9.29 Å². The SMILES string of the molecule is C[S+]([O-])c1cc(COc2ccc(-c3n[nH]cc3-c3ccncc3)cc2)nc2ccccc12. The molecule has 0 spiro atoms. The lowest BCUT2D eigenvalue weighted by Crippen LogP contribution is -2.04. The summed E-state index contributed by atoms with van der Waals surface area (Å²) in [7, 11) is 0. The Kier molecular flexibility index (Phi) is 5.58. The van der Waals surface area contributed by atoms with Gasteiger partial charge in [0.25, 0.3) is 0 Å². The molecule has 0 aliphatic heterocycles. The van der Waals surface area contributed by atoms with Crippen LogP contribution in [0.2, 0.25) is 0 Å². The normalized spacial score (nSPS) is 12.1. The third-order valence-electron chi connectivity index (χ3n) is 5.19. The summed E-state index contributed by atoms with van der Waals surface area (Å²) in [6.07, 6.45) is 7.10. The maximum absolute atomic E-state index is 12.2. The molecule has 0 saturated carbocycles. The first kappa shape index (κ1) is 20.2. The number of para-hydroxylation sites is 1. The van der Waals surface area contributed by atoms with Crippen molar-refractivity contribution in [2.45, 2.75) is 11.5 Å². The van der Waals surface area contributed by atoms with Gasteiger partial charge >= 0.3 is 0 Å². The fourth-order valence-electron chi connectivity index (χ4n) is 3.64. The smallest absolute Gasteiger partial charge is 0.163 e. The number of benzene rings is 2. The van der Waals surface area contributed by atoms with Crippen molar-refractivity contribution >= 4 is 22.1 Å². The van der Waals surface area contributed by atoms with Gasteiger partial charge in [-0.3, -0.25) is 10.1 Å². The Labute approximate surface area is 188 Å². The number of aromatic amines is 1. The molecule has 6 nitrogen and oxygen atoms in total. The zero-order valence-electron chi connectivity index (χ0n) is 17.4. The molecule has 0 radical (unpaired) electrons. The van der Waals surface area contributed by atoms with Gasteiger partial charge in [0.15, 0.2) is 4.90 Å². The Balaban J connectivity index is 1.35. The molecule has 1 atom stereocenters. The van der Waals surface area contributed by atoms with Crippen molar-refractivity contribution in [3.63, 3.8) is 0 Å². The molecule has 0 fully saturated rings. The zero-order valence-corrected chi connectivity index (χ0v) is 18.2. The van der Waals surface area contributed by atoms with E-state index in [4.69, 9.17) is 4.74 Å². The van der Waals surface area contributed by atoms with Crippen LogP contribution in [0.3, 0.4) is 0 Å². The fraction of sp³-hybridized carbons (Fsp3) is 0.0800. The first-order chi connectivity index (χ1) is 15.7. The molecule has 0 aliphatic rings. The number of hydrogen-bond donors (Lipinski definition) is 1. The molecule has 0 aliphatic carbocycles. The van der Waals surface area contributed by atoms with E-state index in [1.54, 1.807) is 18.6 Å². The van der Waals surface area contributed by atoms with E-state index >= 15 is 0 Å². The summed E-state index contributed by atoms with van der Waals surface area (Å²) >= 11 is -1.11. The van der Waals surface area contributed by atoms with Crippen molar-refractivity contribution in [2.24, 2.45) is 0 Å². The topological polar surface area (TPSA) is 86.8 Å². The fourth-order valence-corrected chi connectivity index (χ4v) is 4.42. The summed E-state index contributed by atoms with van der Waals surface area (Å²) in [5.74, 6) is 0.726. The Morgan fingerprint density at radius 1 is 0.969 bits per heavy atom. The van der Waals surface area contributed by atoms with Gasteiger partial charge in [-0.2, -0.15) is 5.10 Å². The summed E-state index contributed by atoms with van der Waals surface area (Å²) in [6, 6.07) is 21.3. The average molecular weight is 441 g/mol. The molecule has 1 N–H and O–H groups in total. The number of pyridine rings is 2. The molecule has 5 aromatic rings. The lowest BCUT2D eigenvalue weighted by atomic mass is 10.0. The van der Waals surface area contributed by atoms with Crippen molar-refractivity contribution in [3.8, 4) is 28.1 Å². The van der Waals surface area contributed by atoms with E-state index in [1.807, 2.05) is 72.9 Å². The van der Waals surface area contributed by atoms with Crippen molar-refractivity contribution in [1.29, 1.82) is 0 Å². The third kappa shape index (κ3) is 4.08. The summed E-state index contributed by atoms with van der Waals surface area (Å²) in [6.45, 7) is 0.291. The van der Waals surface area contributed by atoms with Crippen LogP contribution in [-0.4, -0.2) is 31.0 Å². The van der Waals surface area contributed by atoms with Crippen molar-refractivity contribution in [3.05, 3.63) is 91.0 Å². The maximum atomic E-state index is 12.2. The standard InChI is InChI=1S/C25H20N4O2S/c1-32(30)24-14-19(28-23-5-3-2-4-21(23)24)16-31-20-8-6-18(7-9-20)25-22(15-27-29-25)17-10-12-26-13-11-17/h2-15H,16H2,1H3,(H,27,29). The van der Waals surface area contributed by atoms with Crippen molar-refractivity contribution < 1.29 is 9.29 Å². The summed E-state index contributed by atoms with van der Waals surface area (Å²) < 4.78 is 18.2. The first-order valence-corrected chi connectivity index (χ1v) is 11.6. The number of ether oxygens (including phenoxy) is 1. The zero-order chi connectivity index (χ0) is 21.9. The molecule has 1 unspecified atom stereocenters. The van der Waals surface area contributed by atoms with Crippen LogP contribution in [0.4, 0.5) is 0 Å². The van der Waals surface area contributed by atoms with Crippen molar-refractivity contribution in [2.75, 3.05) is 6.26 Å². The highest BCUT2D eigenvalue weighted by molar-refractivity contribution is 7.91. The molecule has 32 heavy (non-hydrogen) atoms. The average Bonchev–Trinajstić information content (AvgIpc) is 3.33. The Hall–Kier alpha value is -3.68. The van der Waals surface area contributed by atoms with Gasteiger partial charge in [0.05, 0.1) is 22.3 Å². The summed E-state index contributed by atoms with van der Waals surface area (Å²) in [5.41, 5.74) is 5.48. The second-order valence-corrected chi connectivity index (χ2v) is 8.63. The molecule has 7 heteroatoms. The van der Waals surface area contributed by atoms with Crippen LogP contribution in [0.15, 0.2) is 90.2 Å². The number of nitrogens with zero attached hydrogens (tertiary/aromatic N) is 3. The predicted octanol–water partition coefficient (Wildman–Crippen LogP) is 5.00. The van der Waals surface area contributed by atoms with Crippen molar-refractivity contribution in [1.82, 2.24) is 20.2 Å². The van der Waals surface area contributed by atoms with Gasteiger partial charge in [0.2, 0.25) is 0 Å². The molecule has 2 aromatic carbocycles. The quantitative estimate of drug-likeness (QED) is 0.375. The van der Waals surface area contributed by atoms with E-state index in [1.165, 1.54) is 0 Å². The van der Waals surface area contributed by atoms with Gasteiger partial charge in [-0.05, 0) is 65.3 Å². The largest absolute Gasteiger partial charge is 0.612 e. The van der Waals surface area contributed by atoms with Crippen LogP contribution >= 0.6 is 0 Å². The lowest BCUT2D eigenvalue weighted by Gasteiger charge is -2.11. The first-order valence-electron chi connectivity index (χ1n) is 10.1. The molecule has 5 rings (SSSR count). The van der Waals surface area contributed by atoms with Crippen LogP contribution in [-0.2, 0) is 17.8 Å². The minimum Gasteiger partial charge on any atom is -0.612 e. The molecule has 0 saturated heterocycles. The second-order valence-electron chi connectivity index (χ2n) is 7.28. The number of fused-ring (bicyclic) bond motifs is 1. The molecule has 3 heterocycles. The molecule has 0 amide bonds. The highest BCUT2D eigenvalue weighted by atomic mass is 32.2. The predicted molar refractivity (Wildman–Crippen MR) is 126 cm³/mol.